The van der Waals surface area contributed by atoms with Gasteiger partial charge in [0.05, 0.1) is 0 Å². The Morgan fingerprint density at radius 1 is 0.923 bits per heavy atom. The molecule has 13 heavy (non-hydrogen) atoms. The molecule has 1 saturated carbocycles. The van der Waals surface area contributed by atoms with Gasteiger partial charge in [-0.15, -0.1) is 0 Å². The second-order valence-electron chi connectivity index (χ2n) is 4.99. The Morgan fingerprint density at radius 2 is 1.54 bits per heavy atom. The van der Waals surface area contributed by atoms with Crippen LogP contribution in [-0.2, 0) is 0 Å². The zero-order valence-electron chi connectivity index (χ0n) is 9.02. The van der Waals surface area contributed by atoms with Crippen molar-refractivity contribution in [1.82, 2.24) is 4.90 Å². The highest BCUT2D eigenvalue weighted by atomic mass is 15.1. The van der Waals surface area contributed by atoms with Gasteiger partial charge in [-0.05, 0) is 50.7 Å². The van der Waals surface area contributed by atoms with E-state index in [1.807, 2.05) is 0 Å². The van der Waals surface area contributed by atoms with Gasteiger partial charge in [0.2, 0.25) is 0 Å². The molecular formula is C12H23N. The summed E-state index contributed by atoms with van der Waals surface area (Å²) in [7, 11) is 0. The van der Waals surface area contributed by atoms with E-state index in [1.54, 1.807) is 0 Å². The minimum absolute atomic E-state index is 0.796. The molecule has 1 nitrogen and oxygen atoms in total. The van der Waals surface area contributed by atoms with Crippen molar-refractivity contribution in [2.45, 2.75) is 51.9 Å². The molecule has 0 radical (unpaired) electrons. The zero-order valence-corrected chi connectivity index (χ0v) is 9.02. The van der Waals surface area contributed by atoms with E-state index in [2.05, 4.69) is 11.8 Å². The Morgan fingerprint density at radius 3 is 2.08 bits per heavy atom. The number of hydrogen-bond acceptors (Lipinski definition) is 1. The monoisotopic (exact) mass is 181 g/mol. The predicted octanol–water partition coefficient (Wildman–Crippen LogP) is 3.05. The van der Waals surface area contributed by atoms with Crippen LogP contribution in [0.5, 0.6) is 0 Å². The molecule has 1 spiro atoms. The van der Waals surface area contributed by atoms with Crippen molar-refractivity contribution >= 4 is 0 Å². The highest BCUT2D eigenvalue weighted by molar-refractivity contribution is 4.87. The lowest BCUT2D eigenvalue weighted by Crippen LogP contribution is -2.40. The Balaban J connectivity index is 1.87. The van der Waals surface area contributed by atoms with Crippen molar-refractivity contribution in [1.29, 1.82) is 0 Å². The molecule has 1 aliphatic heterocycles. The van der Waals surface area contributed by atoms with Crippen molar-refractivity contribution in [2.75, 3.05) is 19.6 Å². The zero-order chi connectivity index (χ0) is 9.15. The van der Waals surface area contributed by atoms with Gasteiger partial charge in [0.25, 0.3) is 0 Å². The lowest BCUT2D eigenvalue weighted by molar-refractivity contribution is 0.0706. The maximum Gasteiger partial charge on any atom is -0.00135 e. The van der Waals surface area contributed by atoms with E-state index >= 15 is 0 Å². The van der Waals surface area contributed by atoms with Crippen molar-refractivity contribution in [3.63, 3.8) is 0 Å². The first-order valence-corrected chi connectivity index (χ1v) is 6.07. The molecule has 0 unspecified atom stereocenters. The second kappa shape index (κ2) is 4.00. The number of rotatable bonds is 1. The lowest BCUT2D eigenvalue weighted by Gasteiger charge is -2.44. The van der Waals surface area contributed by atoms with Crippen molar-refractivity contribution in [3.05, 3.63) is 0 Å². The Kier molecular flexibility index (Phi) is 2.92. The Hall–Kier alpha value is -0.0400. The number of piperidine rings is 1. The predicted molar refractivity (Wildman–Crippen MR) is 56.9 cm³/mol. The first kappa shape index (κ1) is 9.51. The molecular weight excluding hydrogens is 158 g/mol. The molecule has 1 heteroatoms. The number of likely N-dealkylation sites (tertiary alicyclic amines) is 1. The molecule has 0 amide bonds. The summed E-state index contributed by atoms with van der Waals surface area (Å²) in [5.41, 5.74) is 0.796. The first-order chi connectivity index (χ1) is 6.35. The van der Waals surface area contributed by atoms with Crippen LogP contribution in [0.25, 0.3) is 0 Å². The summed E-state index contributed by atoms with van der Waals surface area (Å²) in [5.74, 6) is 0. The largest absolute Gasteiger partial charge is 0.304 e. The molecule has 0 atom stereocenters. The lowest BCUT2D eigenvalue weighted by atomic mass is 9.68. The second-order valence-corrected chi connectivity index (χ2v) is 4.99. The van der Waals surface area contributed by atoms with Gasteiger partial charge < -0.3 is 4.90 Å². The van der Waals surface area contributed by atoms with E-state index in [0.29, 0.717) is 0 Å². The normalized spacial score (nSPS) is 29.3. The minimum atomic E-state index is 0.796. The Labute approximate surface area is 82.5 Å². The minimum Gasteiger partial charge on any atom is -0.304 e. The van der Waals surface area contributed by atoms with Crippen molar-refractivity contribution in [3.8, 4) is 0 Å². The van der Waals surface area contributed by atoms with Crippen molar-refractivity contribution in [2.24, 2.45) is 5.41 Å². The summed E-state index contributed by atoms with van der Waals surface area (Å²) in [6, 6.07) is 0. The van der Waals surface area contributed by atoms with Crippen LogP contribution in [0.15, 0.2) is 0 Å². The average Bonchev–Trinajstić information content (AvgIpc) is 2.20. The summed E-state index contributed by atoms with van der Waals surface area (Å²) < 4.78 is 0. The molecule has 76 valence electrons. The van der Waals surface area contributed by atoms with E-state index < -0.39 is 0 Å². The molecule has 2 rings (SSSR count). The molecule has 1 heterocycles. The van der Waals surface area contributed by atoms with Crippen LogP contribution >= 0.6 is 0 Å². The third kappa shape index (κ3) is 2.07. The molecule has 0 N–H and O–H groups in total. The molecule has 0 bridgehead atoms. The third-order valence-corrected chi connectivity index (χ3v) is 4.28. The van der Waals surface area contributed by atoms with Gasteiger partial charge >= 0.3 is 0 Å². The van der Waals surface area contributed by atoms with Crippen LogP contribution in [0, 0.1) is 5.41 Å². The van der Waals surface area contributed by atoms with E-state index in [9.17, 15) is 0 Å². The van der Waals surface area contributed by atoms with Gasteiger partial charge in [0, 0.05) is 0 Å². The third-order valence-electron chi connectivity index (χ3n) is 4.28. The van der Waals surface area contributed by atoms with Gasteiger partial charge in [-0.2, -0.15) is 0 Å². The van der Waals surface area contributed by atoms with Crippen LogP contribution in [0.4, 0.5) is 0 Å². The Bertz CT molecular complexity index is 149. The van der Waals surface area contributed by atoms with E-state index in [1.165, 1.54) is 64.6 Å². The summed E-state index contributed by atoms with van der Waals surface area (Å²) in [5, 5.41) is 0. The topological polar surface area (TPSA) is 3.24 Å². The van der Waals surface area contributed by atoms with E-state index in [-0.39, 0.29) is 0 Å². The molecule has 0 aromatic carbocycles. The number of nitrogens with zero attached hydrogens (tertiary/aromatic N) is 1. The van der Waals surface area contributed by atoms with Crippen LogP contribution in [0.1, 0.15) is 51.9 Å². The van der Waals surface area contributed by atoms with Crippen molar-refractivity contribution < 1.29 is 0 Å². The fourth-order valence-electron chi connectivity index (χ4n) is 3.15. The molecule has 0 aromatic heterocycles. The summed E-state index contributed by atoms with van der Waals surface area (Å²) in [6.07, 6.45) is 10.5. The van der Waals surface area contributed by atoms with Crippen LogP contribution in [-0.4, -0.2) is 24.5 Å². The standard InChI is InChI=1S/C12H23N/c1-2-13-10-8-12(9-11-13)6-4-3-5-7-12/h2-11H2,1H3. The smallest absolute Gasteiger partial charge is 0.00135 e. The fraction of sp³-hybridized carbons (Fsp3) is 1.00. The van der Waals surface area contributed by atoms with E-state index in [0.717, 1.165) is 5.41 Å². The highest BCUT2D eigenvalue weighted by Gasteiger charge is 2.34. The van der Waals surface area contributed by atoms with Crippen LogP contribution in [0.3, 0.4) is 0 Å². The SMILES string of the molecule is CCN1CCC2(CCCCC2)CC1. The van der Waals surface area contributed by atoms with Gasteiger partial charge in [0.1, 0.15) is 0 Å². The summed E-state index contributed by atoms with van der Waals surface area (Å²) in [6.45, 7) is 6.29. The maximum atomic E-state index is 2.61. The van der Waals surface area contributed by atoms with Crippen LogP contribution < -0.4 is 0 Å². The van der Waals surface area contributed by atoms with Gasteiger partial charge in [0.15, 0.2) is 0 Å². The first-order valence-electron chi connectivity index (χ1n) is 6.07. The van der Waals surface area contributed by atoms with Gasteiger partial charge in [-0.1, -0.05) is 26.2 Å². The van der Waals surface area contributed by atoms with E-state index in [4.69, 9.17) is 0 Å². The molecule has 0 aromatic rings. The quantitative estimate of drug-likeness (QED) is 0.601. The molecule has 2 aliphatic rings. The summed E-state index contributed by atoms with van der Waals surface area (Å²) >= 11 is 0. The average molecular weight is 181 g/mol. The molecule has 2 fully saturated rings. The maximum absolute atomic E-state index is 2.61. The van der Waals surface area contributed by atoms with Gasteiger partial charge in [-0.3, -0.25) is 0 Å². The van der Waals surface area contributed by atoms with Crippen LogP contribution in [0.2, 0.25) is 0 Å². The molecule has 1 aliphatic carbocycles. The van der Waals surface area contributed by atoms with Gasteiger partial charge in [-0.25, -0.2) is 0 Å². The highest BCUT2D eigenvalue weighted by Crippen LogP contribution is 2.44. The fourth-order valence-corrected chi connectivity index (χ4v) is 3.15. The molecule has 1 saturated heterocycles. The number of hydrogen-bond donors (Lipinski definition) is 0. The summed E-state index contributed by atoms with van der Waals surface area (Å²) in [4.78, 5) is 2.61.